The van der Waals surface area contributed by atoms with Crippen LogP contribution in [0.2, 0.25) is 0 Å². The molecule has 0 saturated carbocycles. The van der Waals surface area contributed by atoms with Gasteiger partial charge in [0.05, 0.1) is 11.6 Å². The van der Waals surface area contributed by atoms with Crippen molar-refractivity contribution in [3.8, 4) is 22.8 Å². The largest absolute Gasteiger partial charge is 0.464 e. The fraction of sp³-hybridized carbons (Fsp3) is 0.105. The number of hydrogen-bond acceptors (Lipinski definition) is 5. The molecule has 1 aromatic carbocycles. The Kier molecular flexibility index (Phi) is 3.46. The molecule has 0 unspecified atom stereocenters. The number of rotatable bonds is 3. The standard InChI is InChI=1S/C19H15N3O2/c1-12-18(13(2)22-11-21-12)14-3-5-15(6-4-14)24-19-16-8-10-23-17(16)7-9-20-19/h3-11H,1-2H3. The summed E-state index contributed by atoms with van der Waals surface area (Å²) in [6.07, 6.45) is 4.88. The van der Waals surface area contributed by atoms with Gasteiger partial charge in [-0.3, -0.25) is 0 Å². The highest BCUT2D eigenvalue weighted by molar-refractivity contribution is 5.82. The van der Waals surface area contributed by atoms with E-state index in [1.54, 1.807) is 18.8 Å². The van der Waals surface area contributed by atoms with Gasteiger partial charge in [0.15, 0.2) is 0 Å². The topological polar surface area (TPSA) is 61.0 Å². The lowest BCUT2D eigenvalue weighted by molar-refractivity contribution is 0.469. The van der Waals surface area contributed by atoms with E-state index in [-0.39, 0.29) is 0 Å². The van der Waals surface area contributed by atoms with Crippen LogP contribution in [-0.4, -0.2) is 15.0 Å². The summed E-state index contributed by atoms with van der Waals surface area (Å²) in [6, 6.07) is 11.5. The van der Waals surface area contributed by atoms with Gasteiger partial charge in [0.25, 0.3) is 0 Å². The maximum absolute atomic E-state index is 5.90. The number of ether oxygens (including phenoxy) is 1. The van der Waals surface area contributed by atoms with Crippen LogP contribution >= 0.6 is 0 Å². The molecule has 4 rings (SSSR count). The molecule has 0 bridgehead atoms. The van der Waals surface area contributed by atoms with E-state index in [1.165, 1.54) is 0 Å². The number of aryl methyl sites for hydroxylation is 2. The highest BCUT2D eigenvalue weighted by Crippen LogP contribution is 2.31. The molecule has 3 aromatic heterocycles. The first kappa shape index (κ1) is 14.4. The average Bonchev–Trinajstić information content (AvgIpc) is 3.06. The van der Waals surface area contributed by atoms with E-state index in [0.29, 0.717) is 11.6 Å². The molecule has 0 saturated heterocycles. The second kappa shape index (κ2) is 5.77. The van der Waals surface area contributed by atoms with E-state index in [1.807, 2.05) is 50.2 Å². The fourth-order valence-electron chi connectivity index (χ4n) is 2.76. The summed E-state index contributed by atoms with van der Waals surface area (Å²) in [4.78, 5) is 12.8. The van der Waals surface area contributed by atoms with Gasteiger partial charge in [-0.05, 0) is 43.7 Å². The molecule has 0 radical (unpaired) electrons. The number of pyridine rings is 1. The quantitative estimate of drug-likeness (QED) is 0.548. The van der Waals surface area contributed by atoms with E-state index >= 15 is 0 Å². The third-order valence-corrected chi connectivity index (χ3v) is 3.93. The van der Waals surface area contributed by atoms with E-state index in [9.17, 15) is 0 Å². The Labute approximate surface area is 139 Å². The smallest absolute Gasteiger partial charge is 0.230 e. The van der Waals surface area contributed by atoms with Gasteiger partial charge < -0.3 is 9.15 Å². The highest BCUT2D eigenvalue weighted by Gasteiger charge is 2.10. The Bertz CT molecular complexity index is 986. The minimum Gasteiger partial charge on any atom is -0.464 e. The molecule has 0 fully saturated rings. The van der Waals surface area contributed by atoms with E-state index in [0.717, 1.165) is 33.5 Å². The molecule has 0 spiro atoms. The lowest BCUT2D eigenvalue weighted by Crippen LogP contribution is -1.94. The zero-order valence-corrected chi connectivity index (χ0v) is 13.4. The van der Waals surface area contributed by atoms with Crippen molar-refractivity contribution in [1.82, 2.24) is 15.0 Å². The summed E-state index contributed by atoms with van der Waals surface area (Å²) >= 11 is 0. The molecule has 0 N–H and O–H groups in total. The van der Waals surface area contributed by atoms with Crippen LogP contribution in [0.5, 0.6) is 11.6 Å². The van der Waals surface area contributed by atoms with Crippen molar-refractivity contribution in [3.05, 3.63) is 66.6 Å². The third kappa shape index (κ3) is 2.50. The maximum atomic E-state index is 5.90. The van der Waals surface area contributed by atoms with Crippen LogP contribution in [0.25, 0.3) is 22.1 Å². The summed E-state index contributed by atoms with van der Waals surface area (Å²) in [5, 5.41) is 0.852. The monoisotopic (exact) mass is 317 g/mol. The van der Waals surface area contributed by atoms with Crippen molar-refractivity contribution in [2.45, 2.75) is 13.8 Å². The first-order valence-corrected chi connectivity index (χ1v) is 7.61. The number of furan rings is 1. The second-order valence-electron chi connectivity index (χ2n) is 5.49. The molecule has 0 aliphatic rings. The Morgan fingerprint density at radius 3 is 2.38 bits per heavy atom. The molecule has 0 aliphatic carbocycles. The average molecular weight is 317 g/mol. The number of nitrogens with zero attached hydrogens (tertiary/aromatic N) is 3. The normalized spacial score (nSPS) is 10.9. The molecule has 5 nitrogen and oxygen atoms in total. The van der Waals surface area contributed by atoms with Crippen LogP contribution in [0.3, 0.4) is 0 Å². The van der Waals surface area contributed by atoms with Gasteiger partial charge in [0, 0.05) is 23.1 Å². The lowest BCUT2D eigenvalue weighted by Gasteiger charge is -2.09. The first-order chi connectivity index (χ1) is 11.7. The SMILES string of the molecule is Cc1ncnc(C)c1-c1ccc(Oc2nccc3occc23)cc1. The molecule has 3 heterocycles. The van der Waals surface area contributed by atoms with Crippen LogP contribution in [0.1, 0.15) is 11.4 Å². The van der Waals surface area contributed by atoms with Gasteiger partial charge in [-0.25, -0.2) is 15.0 Å². The summed E-state index contributed by atoms with van der Waals surface area (Å²) in [5.41, 5.74) is 4.79. The predicted molar refractivity (Wildman–Crippen MR) is 91.0 cm³/mol. The number of hydrogen-bond donors (Lipinski definition) is 0. The zero-order chi connectivity index (χ0) is 16.5. The van der Waals surface area contributed by atoms with Gasteiger partial charge in [-0.1, -0.05) is 12.1 Å². The number of benzene rings is 1. The van der Waals surface area contributed by atoms with Crippen molar-refractivity contribution in [2.24, 2.45) is 0 Å². The molecule has 0 atom stereocenters. The van der Waals surface area contributed by atoms with Crippen molar-refractivity contribution in [1.29, 1.82) is 0 Å². The van der Waals surface area contributed by atoms with Gasteiger partial charge in [-0.15, -0.1) is 0 Å². The summed E-state index contributed by atoms with van der Waals surface area (Å²) in [7, 11) is 0. The second-order valence-corrected chi connectivity index (χ2v) is 5.49. The Balaban J connectivity index is 1.66. The van der Waals surface area contributed by atoms with Crippen LogP contribution in [0, 0.1) is 13.8 Å². The molecule has 0 amide bonds. The van der Waals surface area contributed by atoms with Crippen molar-refractivity contribution in [2.75, 3.05) is 0 Å². The van der Waals surface area contributed by atoms with Gasteiger partial charge in [-0.2, -0.15) is 0 Å². The van der Waals surface area contributed by atoms with E-state index < -0.39 is 0 Å². The minimum atomic E-state index is 0.532. The third-order valence-electron chi connectivity index (χ3n) is 3.93. The van der Waals surface area contributed by atoms with E-state index in [2.05, 4.69) is 15.0 Å². The maximum Gasteiger partial charge on any atom is 0.230 e. The highest BCUT2D eigenvalue weighted by atomic mass is 16.5. The van der Waals surface area contributed by atoms with Crippen LogP contribution in [0.15, 0.2) is 59.6 Å². The first-order valence-electron chi connectivity index (χ1n) is 7.61. The van der Waals surface area contributed by atoms with Gasteiger partial charge in [0.2, 0.25) is 5.88 Å². The van der Waals surface area contributed by atoms with Crippen molar-refractivity contribution >= 4 is 11.0 Å². The number of aromatic nitrogens is 3. The molecule has 0 aliphatic heterocycles. The molecule has 24 heavy (non-hydrogen) atoms. The fourth-order valence-corrected chi connectivity index (χ4v) is 2.76. The van der Waals surface area contributed by atoms with Gasteiger partial charge >= 0.3 is 0 Å². The molecular formula is C19H15N3O2. The van der Waals surface area contributed by atoms with Crippen molar-refractivity contribution < 1.29 is 9.15 Å². The Morgan fingerprint density at radius 2 is 1.62 bits per heavy atom. The number of fused-ring (bicyclic) bond motifs is 1. The van der Waals surface area contributed by atoms with Crippen LogP contribution in [-0.2, 0) is 0 Å². The summed E-state index contributed by atoms with van der Waals surface area (Å²) in [6.45, 7) is 3.97. The molecule has 5 heteroatoms. The summed E-state index contributed by atoms with van der Waals surface area (Å²) < 4.78 is 11.3. The zero-order valence-electron chi connectivity index (χ0n) is 13.4. The van der Waals surface area contributed by atoms with Crippen LogP contribution < -0.4 is 4.74 Å². The van der Waals surface area contributed by atoms with Gasteiger partial charge in [0.1, 0.15) is 17.7 Å². The molecular weight excluding hydrogens is 302 g/mol. The van der Waals surface area contributed by atoms with Crippen molar-refractivity contribution in [3.63, 3.8) is 0 Å². The molecule has 4 aromatic rings. The van der Waals surface area contributed by atoms with Crippen LogP contribution in [0.4, 0.5) is 0 Å². The van der Waals surface area contributed by atoms with E-state index in [4.69, 9.17) is 9.15 Å². The Morgan fingerprint density at radius 1 is 0.875 bits per heavy atom. The predicted octanol–water partition coefficient (Wildman–Crippen LogP) is 4.69. The summed E-state index contributed by atoms with van der Waals surface area (Å²) in [5.74, 6) is 1.25. The minimum absolute atomic E-state index is 0.532. The molecule has 118 valence electrons. The lowest BCUT2D eigenvalue weighted by atomic mass is 10.0. The Hall–Kier alpha value is -3.21.